The summed E-state index contributed by atoms with van der Waals surface area (Å²) in [6.45, 7) is 7.15. The smallest absolute Gasteiger partial charge is 0.123 e. The highest BCUT2D eigenvalue weighted by Gasteiger charge is 2.09. The van der Waals surface area contributed by atoms with E-state index in [1.807, 2.05) is 6.07 Å². The van der Waals surface area contributed by atoms with E-state index in [9.17, 15) is 4.39 Å². The Balaban J connectivity index is 2.39. The second kappa shape index (κ2) is 7.41. The summed E-state index contributed by atoms with van der Waals surface area (Å²) in [4.78, 5) is 2.23. The molecule has 0 fully saturated rings. The molecule has 0 aliphatic rings. The number of halogens is 1. The molecule has 0 aliphatic carbocycles. The van der Waals surface area contributed by atoms with E-state index >= 15 is 0 Å². The van der Waals surface area contributed by atoms with Gasteiger partial charge in [0, 0.05) is 19.1 Å². The average Bonchev–Trinajstić information content (AvgIpc) is 2.29. The van der Waals surface area contributed by atoms with Gasteiger partial charge in [-0.25, -0.2) is 4.39 Å². The van der Waals surface area contributed by atoms with Crippen LogP contribution in [0.5, 0.6) is 0 Å². The zero-order valence-electron chi connectivity index (χ0n) is 11.0. The first-order chi connectivity index (χ1) is 8.13. The zero-order chi connectivity index (χ0) is 12.7. The molecule has 0 heterocycles. The van der Waals surface area contributed by atoms with Gasteiger partial charge in [-0.1, -0.05) is 19.1 Å². The van der Waals surface area contributed by atoms with Crippen molar-refractivity contribution in [2.45, 2.75) is 32.9 Å². The van der Waals surface area contributed by atoms with Gasteiger partial charge in [-0.2, -0.15) is 0 Å². The van der Waals surface area contributed by atoms with E-state index in [0.717, 1.165) is 31.6 Å². The molecule has 0 aliphatic heterocycles. The fourth-order valence-electron chi connectivity index (χ4n) is 1.72. The van der Waals surface area contributed by atoms with Crippen LogP contribution in [0.15, 0.2) is 24.3 Å². The Morgan fingerprint density at radius 2 is 2.18 bits per heavy atom. The standard InChI is InChI=1S/C14H23FN2/c1-4-8-16-10-12(2)17(3)11-13-6-5-7-14(15)9-13/h5-7,9,12,16H,4,8,10-11H2,1-3H3. The van der Waals surface area contributed by atoms with Crippen molar-refractivity contribution in [1.82, 2.24) is 10.2 Å². The molecule has 2 nitrogen and oxygen atoms in total. The molecule has 1 aromatic carbocycles. The van der Waals surface area contributed by atoms with Gasteiger partial charge in [0.1, 0.15) is 5.82 Å². The fourth-order valence-corrected chi connectivity index (χ4v) is 1.72. The quantitative estimate of drug-likeness (QED) is 0.735. The van der Waals surface area contributed by atoms with Crippen LogP contribution in [0.2, 0.25) is 0 Å². The molecule has 0 saturated carbocycles. The van der Waals surface area contributed by atoms with Crippen molar-refractivity contribution in [3.63, 3.8) is 0 Å². The first-order valence-electron chi connectivity index (χ1n) is 6.29. The summed E-state index contributed by atoms with van der Waals surface area (Å²) in [7, 11) is 2.07. The maximum Gasteiger partial charge on any atom is 0.123 e. The lowest BCUT2D eigenvalue weighted by molar-refractivity contribution is 0.243. The minimum absolute atomic E-state index is 0.160. The molecule has 0 amide bonds. The van der Waals surface area contributed by atoms with Crippen LogP contribution in [0.3, 0.4) is 0 Å². The molecule has 96 valence electrons. The Morgan fingerprint density at radius 1 is 1.41 bits per heavy atom. The van der Waals surface area contributed by atoms with Crippen molar-refractivity contribution in [1.29, 1.82) is 0 Å². The Kier molecular flexibility index (Phi) is 6.16. The van der Waals surface area contributed by atoms with E-state index in [4.69, 9.17) is 0 Å². The van der Waals surface area contributed by atoms with E-state index in [1.54, 1.807) is 12.1 Å². The zero-order valence-corrected chi connectivity index (χ0v) is 11.0. The molecule has 0 radical (unpaired) electrons. The van der Waals surface area contributed by atoms with Crippen LogP contribution in [-0.4, -0.2) is 31.1 Å². The van der Waals surface area contributed by atoms with Gasteiger partial charge in [0.25, 0.3) is 0 Å². The van der Waals surface area contributed by atoms with Crippen LogP contribution in [0, 0.1) is 5.82 Å². The fraction of sp³-hybridized carbons (Fsp3) is 0.571. The number of nitrogens with one attached hydrogen (secondary N) is 1. The normalized spacial score (nSPS) is 13.0. The van der Waals surface area contributed by atoms with E-state index in [-0.39, 0.29) is 5.82 Å². The molecule has 1 N–H and O–H groups in total. The second-order valence-corrected chi connectivity index (χ2v) is 4.60. The molecule has 0 saturated heterocycles. The lowest BCUT2D eigenvalue weighted by Gasteiger charge is -2.25. The van der Waals surface area contributed by atoms with Crippen molar-refractivity contribution in [2.75, 3.05) is 20.1 Å². The summed E-state index contributed by atoms with van der Waals surface area (Å²) < 4.78 is 13.0. The van der Waals surface area contributed by atoms with Crippen molar-refractivity contribution >= 4 is 0 Å². The van der Waals surface area contributed by atoms with Crippen molar-refractivity contribution < 1.29 is 4.39 Å². The monoisotopic (exact) mass is 238 g/mol. The minimum atomic E-state index is -0.160. The highest BCUT2D eigenvalue weighted by Crippen LogP contribution is 2.08. The van der Waals surface area contributed by atoms with Gasteiger partial charge in [0.2, 0.25) is 0 Å². The van der Waals surface area contributed by atoms with Crippen LogP contribution in [0.4, 0.5) is 4.39 Å². The topological polar surface area (TPSA) is 15.3 Å². The number of nitrogens with zero attached hydrogens (tertiary/aromatic N) is 1. The third-order valence-electron chi connectivity index (χ3n) is 2.94. The molecule has 0 bridgehead atoms. The third kappa shape index (κ3) is 5.29. The predicted octanol–water partition coefficient (Wildman–Crippen LogP) is 2.65. The number of likely N-dealkylation sites (N-methyl/N-ethyl adjacent to an activating group) is 1. The summed E-state index contributed by atoms with van der Waals surface area (Å²) in [5.74, 6) is -0.160. The van der Waals surface area contributed by atoms with E-state index in [2.05, 4.69) is 31.1 Å². The Bertz CT molecular complexity index is 328. The van der Waals surface area contributed by atoms with Gasteiger partial charge in [-0.15, -0.1) is 0 Å². The molecular weight excluding hydrogens is 215 g/mol. The van der Waals surface area contributed by atoms with Crippen molar-refractivity contribution in [3.8, 4) is 0 Å². The van der Waals surface area contributed by atoms with Gasteiger partial charge in [-0.3, -0.25) is 4.90 Å². The second-order valence-electron chi connectivity index (χ2n) is 4.60. The highest BCUT2D eigenvalue weighted by atomic mass is 19.1. The van der Waals surface area contributed by atoms with Crippen LogP contribution in [-0.2, 0) is 6.54 Å². The molecule has 3 heteroatoms. The average molecular weight is 238 g/mol. The molecule has 1 unspecified atom stereocenters. The number of hydrogen-bond donors (Lipinski definition) is 1. The SMILES string of the molecule is CCCNCC(C)N(C)Cc1cccc(F)c1. The number of rotatable bonds is 7. The molecule has 17 heavy (non-hydrogen) atoms. The predicted molar refractivity (Wildman–Crippen MR) is 70.5 cm³/mol. The van der Waals surface area contributed by atoms with Gasteiger partial charge in [-0.05, 0) is 44.6 Å². The summed E-state index contributed by atoms with van der Waals surface area (Å²) >= 11 is 0. The van der Waals surface area contributed by atoms with Crippen LogP contribution in [0.1, 0.15) is 25.8 Å². The molecular formula is C14H23FN2. The summed E-state index contributed by atoms with van der Waals surface area (Å²) in [6, 6.07) is 7.26. The van der Waals surface area contributed by atoms with Gasteiger partial charge < -0.3 is 5.32 Å². The first-order valence-corrected chi connectivity index (χ1v) is 6.29. The maximum atomic E-state index is 13.0. The summed E-state index contributed by atoms with van der Waals surface area (Å²) in [6.07, 6.45) is 1.15. The highest BCUT2D eigenvalue weighted by molar-refractivity contribution is 5.16. The largest absolute Gasteiger partial charge is 0.315 e. The van der Waals surface area contributed by atoms with Crippen LogP contribution < -0.4 is 5.32 Å². The number of benzene rings is 1. The third-order valence-corrected chi connectivity index (χ3v) is 2.94. The summed E-state index contributed by atoms with van der Waals surface area (Å²) in [5, 5.41) is 3.40. The maximum absolute atomic E-state index is 13.0. The van der Waals surface area contributed by atoms with E-state index in [1.165, 1.54) is 6.07 Å². The van der Waals surface area contributed by atoms with Gasteiger partial charge in [0.05, 0.1) is 0 Å². The Hall–Kier alpha value is -0.930. The Morgan fingerprint density at radius 3 is 2.82 bits per heavy atom. The molecule has 0 aromatic heterocycles. The molecule has 1 aromatic rings. The molecule has 0 spiro atoms. The lowest BCUT2D eigenvalue weighted by Crippen LogP contribution is -2.37. The first kappa shape index (κ1) is 14.1. The Labute approximate surface area is 104 Å². The minimum Gasteiger partial charge on any atom is -0.315 e. The van der Waals surface area contributed by atoms with Crippen LogP contribution >= 0.6 is 0 Å². The molecule has 1 rings (SSSR count). The van der Waals surface area contributed by atoms with Gasteiger partial charge >= 0.3 is 0 Å². The lowest BCUT2D eigenvalue weighted by atomic mass is 10.2. The van der Waals surface area contributed by atoms with Gasteiger partial charge in [0.15, 0.2) is 0 Å². The summed E-state index contributed by atoms with van der Waals surface area (Å²) in [5.41, 5.74) is 1.02. The van der Waals surface area contributed by atoms with Crippen molar-refractivity contribution in [3.05, 3.63) is 35.6 Å². The van der Waals surface area contributed by atoms with E-state index < -0.39 is 0 Å². The number of hydrogen-bond acceptors (Lipinski definition) is 2. The molecule has 1 atom stereocenters. The van der Waals surface area contributed by atoms with E-state index in [0.29, 0.717) is 6.04 Å². The van der Waals surface area contributed by atoms with Crippen LogP contribution in [0.25, 0.3) is 0 Å². The van der Waals surface area contributed by atoms with Crippen molar-refractivity contribution in [2.24, 2.45) is 0 Å².